The number of nitrogens with one attached hydrogen (secondary N) is 4. The molecule has 0 fully saturated rings. The molecule has 5 aliphatic heterocycles. The van der Waals surface area contributed by atoms with Crippen LogP contribution in [-0.2, 0) is 0 Å². The van der Waals surface area contributed by atoms with Crippen molar-refractivity contribution in [2.24, 2.45) is 20.0 Å². The second-order valence-electron chi connectivity index (χ2n) is 14.6. The molecule has 0 atom stereocenters. The number of nitrogens with zero attached hydrogens (tertiary/aromatic N) is 4. The molecule has 4 N–H and O–H groups in total. The molecule has 6 aromatic rings. The molecule has 8 heteroatoms. The quantitative estimate of drug-likeness (QED) is 0.143. The van der Waals surface area contributed by atoms with Crippen LogP contribution in [0.3, 0.4) is 0 Å². The Morgan fingerprint density at radius 1 is 0.250 bits per heavy atom. The Morgan fingerprint density at radius 2 is 0.483 bits per heavy atom. The number of fused-ring (bicyclic) bond motifs is 8. The molecule has 284 valence electrons. The van der Waals surface area contributed by atoms with Gasteiger partial charge >= 0.3 is 0 Å². The van der Waals surface area contributed by atoms with Crippen LogP contribution >= 0.6 is 0 Å². The highest BCUT2D eigenvalue weighted by molar-refractivity contribution is 6.15. The van der Waals surface area contributed by atoms with Crippen LogP contribution < -0.4 is 10.6 Å². The van der Waals surface area contributed by atoms with Crippen molar-refractivity contribution < 1.29 is 0 Å². The van der Waals surface area contributed by atoms with Gasteiger partial charge in [-0.15, -0.1) is 0 Å². The van der Waals surface area contributed by atoms with Crippen molar-refractivity contribution in [2.75, 3.05) is 0 Å². The highest BCUT2D eigenvalue weighted by atomic mass is 15.1. The van der Waals surface area contributed by atoms with E-state index in [0.29, 0.717) is 23.3 Å². The van der Waals surface area contributed by atoms with Crippen LogP contribution in [0.2, 0.25) is 0 Å². The number of amidine groups is 4. The zero-order valence-electron chi connectivity index (χ0n) is 32.3. The fraction of sp³-hybridized carbons (Fsp3) is 0. The van der Waals surface area contributed by atoms with Crippen LogP contribution in [-0.4, -0.2) is 33.3 Å². The van der Waals surface area contributed by atoms with Crippen molar-refractivity contribution in [1.82, 2.24) is 20.6 Å². The first kappa shape index (κ1) is 34.9. The summed E-state index contributed by atoms with van der Waals surface area (Å²) in [6.07, 6.45) is 16.2. The van der Waals surface area contributed by atoms with E-state index >= 15 is 0 Å². The van der Waals surface area contributed by atoms with Crippen molar-refractivity contribution in [1.29, 1.82) is 0 Å². The van der Waals surface area contributed by atoms with Crippen molar-refractivity contribution >= 4 is 45.6 Å². The number of benzene rings is 4. The largest absolute Gasteiger partial charge is 0.354 e. The third kappa shape index (κ3) is 6.58. The van der Waals surface area contributed by atoms with E-state index in [2.05, 4.69) is 166 Å². The van der Waals surface area contributed by atoms with Gasteiger partial charge in [0.25, 0.3) is 0 Å². The first-order chi connectivity index (χ1) is 29.7. The lowest BCUT2D eigenvalue weighted by atomic mass is 10.0. The fourth-order valence-corrected chi connectivity index (χ4v) is 8.10. The zero-order chi connectivity index (χ0) is 39.8. The van der Waals surface area contributed by atoms with Crippen LogP contribution in [0.1, 0.15) is 45.0 Å². The summed E-state index contributed by atoms with van der Waals surface area (Å²) in [4.78, 5) is 28.1. The van der Waals surface area contributed by atoms with Gasteiger partial charge in [0, 0.05) is 45.1 Å². The Balaban J connectivity index is 1.11. The molecule has 8 nitrogen and oxygen atoms in total. The number of aromatic amines is 2. The number of hydrogen-bond donors (Lipinski definition) is 4. The first-order valence-electron chi connectivity index (χ1n) is 19.9. The lowest BCUT2D eigenvalue weighted by molar-refractivity contribution is 1.25. The summed E-state index contributed by atoms with van der Waals surface area (Å²) in [5.41, 5.74) is 15.2. The lowest BCUT2D eigenvalue weighted by Crippen LogP contribution is -2.25. The number of aliphatic imine (C=N–C) groups is 4. The maximum atomic E-state index is 5.13. The molecular formula is C52H36N8. The third-order valence-corrected chi connectivity index (χ3v) is 10.8. The molecule has 7 heterocycles. The average Bonchev–Trinajstić information content (AvgIpc) is 4.16. The highest BCUT2D eigenvalue weighted by Crippen LogP contribution is 2.37. The van der Waals surface area contributed by atoms with E-state index in [1.165, 1.54) is 0 Å². The Morgan fingerprint density at radius 3 is 0.717 bits per heavy atom. The number of allylic oxidation sites excluding steroid dienone is 4. The maximum Gasteiger partial charge on any atom is 0.132 e. The molecule has 2 aromatic heterocycles. The van der Waals surface area contributed by atoms with Gasteiger partial charge in [-0.05, 0) is 95.1 Å². The second-order valence-corrected chi connectivity index (χ2v) is 14.6. The lowest BCUT2D eigenvalue weighted by Gasteiger charge is -2.11. The second kappa shape index (κ2) is 14.9. The van der Waals surface area contributed by atoms with Crippen molar-refractivity contribution in [3.05, 3.63) is 262 Å². The minimum absolute atomic E-state index is 0.703. The topological polar surface area (TPSA) is 105 Å². The number of aromatic nitrogens is 2. The molecule has 0 aliphatic carbocycles. The van der Waals surface area contributed by atoms with Gasteiger partial charge in [0.2, 0.25) is 0 Å². The standard InChI is InChI=1S/C52H36N8/c1-5-13-33(14-6-1)49-37-21-22-38(53-37)50(34-15-7-2-8-16-34)42-26-31-47(56-42)60-48-32-28-44(58-48)52(36-19-11-4-12-20-36)40-24-23-39(54-40)51(35-17-9-3-10-18-35)43-27-30-46(57-43)59-45-29-25-41(49)55-45/h1-32,53-54H,(H,55,57,59)(H,56,58,60). The maximum absolute atomic E-state index is 5.13. The predicted molar refractivity (Wildman–Crippen MR) is 244 cm³/mol. The summed E-state index contributed by atoms with van der Waals surface area (Å²) >= 11 is 0. The molecule has 4 aromatic carbocycles. The average molecular weight is 773 g/mol. The summed E-state index contributed by atoms with van der Waals surface area (Å²) in [6, 6.07) is 50.0. The number of H-pyrrole nitrogens is 2. The Hall–Kier alpha value is -8.36. The monoisotopic (exact) mass is 772 g/mol. The molecule has 0 unspecified atom stereocenters. The minimum atomic E-state index is 0.703. The smallest absolute Gasteiger partial charge is 0.132 e. The molecule has 0 radical (unpaired) electrons. The minimum Gasteiger partial charge on any atom is -0.354 e. The van der Waals surface area contributed by atoms with Crippen LogP contribution in [0, 0.1) is 0 Å². The van der Waals surface area contributed by atoms with E-state index in [1.807, 2.05) is 48.6 Å². The van der Waals surface area contributed by atoms with Crippen molar-refractivity contribution in [3.63, 3.8) is 0 Å². The summed E-state index contributed by atoms with van der Waals surface area (Å²) in [5, 5.41) is 7.00. The first-order valence-corrected chi connectivity index (χ1v) is 19.9. The SMILES string of the molecule is C1=CC2=C(c3ccccc3)c3ccc([nH]3)C(c3ccccc3)=C3C=CC(=N3)NC3=NC(=C(c4ccccc4)c4ccc([nH]4)C(c4ccccc4)=C4C=CC(=N4)NC1=N2)C=C3. The summed E-state index contributed by atoms with van der Waals surface area (Å²) in [5.74, 6) is 2.81. The van der Waals surface area contributed by atoms with E-state index < -0.39 is 0 Å². The van der Waals surface area contributed by atoms with Gasteiger partial charge in [-0.3, -0.25) is 0 Å². The molecule has 12 bridgehead atoms. The van der Waals surface area contributed by atoms with Crippen LogP contribution in [0.4, 0.5) is 0 Å². The van der Waals surface area contributed by atoms with Crippen LogP contribution in [0.25, 0.3) is 22.3 Å². The van der Waals surface area contributed by atoms with Gasteiger partial charge in [-0.25, -0.2) is 20.0 Å². The van der Waals surface area contributed by atoms with E-state index in [9.17, 15) is 0 Å². The van der Waals surface area contributed by atoms with Crippen LogP contribution in [0.15, 0.2) is 237 Å². The number of rotatable bonds is 4. The van der Waals surface area contributed by atoms with Crippen molar-refractivity contribution in [3.8, 4) is 0 Å². The van der Waals surface area contributed by atoms with Crippen LogP contribution in [0.5, 0.6) is 0 Å². The molecule has 0 amide bonds. The molecule has 60 heavy (non-hydrogen) atoms. The van der Waals surface area contributed by atoms with Gasteiger partial charge < -0.3 is 20.6 Å². The molecule has 0 saturated heterocycles. The fourth-order valence-electron chi connectivity index (χ4n) is 8.10. The normalized spacial score (nSPS) is 16.8. The molecule has 5 aliphatic rings. The molecule has 11 rings (SSSR count). The van der Waals surface area contributed by atoms with Gasteiger partial charge in [0.15, 0.2) is 0 Å². The van der Waals surface area contributed by atoms with E-state index in [-0.39, 0.29) is 0 Å². The van der Waals surface area contributed by atoms with E-state index in [1.54, 1.807) is 0 Å². The van der Waals surface area contributed by atoms with Crippen molar-refractivity contribution in [2.45, 2.75) is 0 Å². The molecule has 0 saturated carbocycles. The molecule has 0 spiro atoms. The zero-order valence-corrected chi connectivity index (χ0v) is 32.3. The Kier molecular flexibility index (Phi) is 8.63. The highest BCUT2D eigenvalue weighted by Gasteiger charge is 2.23. The summed E-state index contributed by atoms with van der Waals surface area (Å²) in [6.45, 7) is 0. The van der Waals surface area contributed by atoms with Gasteiger partial charge in [0.05, 0.1) is 22.8 Å². The number of hydrogen-bond acceptors (Lipinski definition) is 6. The van der Waals surface area contributed by atoms with Gasteiger partial charge in [0.1, 0.15) is 23.3 Å². The summed E-state index contributed by atoms with van der Waals surface area (Å²) < 4.78 is 0. The Bertz CT molecular complexity index is 2670. The van der Waals surface area contributed by atoms with E-state index in [4.69, 9.17) is 20.0 Å². The Labute approximate surface area is 347 Å². The van der Waals surface area contributed by atoms with Gasteiger partial charge in [-0.1, -0.05) is 121 Å². The summed E-state index contributed by atoms with van der Waals surface area (Å²) in [7, 11) is 0. The third-order valence-electron chi connectivity index (χ3n) is 10.8. The van der Waals surface area contributed by atoms with E-state index in [0.717, 1.165) is 90.1 Å². The molecular weight excluding hydrogens is 737 g/mol. The van der Waals surface area contributed by atoms with Gasteiger partial charge in [-0.2, -0.15) is 0 Å². The predicted octanol–water partition coefficient (Wildman–Crippen LogP) is 10.1.